The number of nitrogens with one attached hydrogen (secondary N) is 1. The van der Waals surface area contributed by atoms with E-state index in [0.717, 1.165) is 33.6 Å². The second-order valence-electron chi connectivity index (χ2n) is 7.52. The summed E-state index contributed by atoms with van der Waals surface area (Å²) in [5, 5.41) is 12.5. The molecule has 32 heavy (non-hydrogen) atoms. The van der Waals surface area contributed by atoms with Gasteiger partial charge in [-0.05, 0) is 18.6 Å². The maximum Gasteiger partial charge on any atom is 0.244 e. The summed E-state index contributed by atoms with van der Waals surface area (Å²) in [4.78, 5) is 12.5. The van der Waals surface area contributed by atoms with E-state index in [9.17, 15) is 4.79 Å². The number of aromatic nitrogens is 4. The van der Waals surface area contributed by atoms with E-state index in [2.05, 4.69) is 22.5 Å². The largest absolute Gasteiger partial charge is 0.348 e. The van der Waals surface area contributed by atoms with Gasteiger partial charge in [-0.15, -0.1) is 0 Å². The zero-order chi connectivity index (χ0) is 22.5. The highest BCUT2D eigenvalue weighted by atomic mass is 35.5. The molecule has 2 aromatic carbocycles. The van der Waals surface area contributed by atoms with E-state index < -0.39 is 0 Å². The Morgan fingerprint density at radius 3 is 2.41 bits per heavy atom. The lowest BCUT2D eigenvalue weighted by molar-refractivity contribution is -0.116. The maximum absolute atomic E-state index is 12.5. The highest BCUT2D eigenvalue weighted by molar-refractivity contribution is 6.31. The van der Waals surface area contributed by atoms with Gasteiger partial charge in [0.2, 0.25) is 5.91 Å². The highest BCUT2D eigenvalue weighted by Gasteiger charge is 2.13. The van der Waals surface area contributed by atoms with Gasteiger partial charge in [-0.2, -0.15) is 10.2 Å². The molecular weight excluding hydrogens is 422 g/mol. The Morgan fingerprint density at radius 1 is 1.06 bits per heavy atom. The molecule has 0 aliphatic carbocycles. The third-order valence-electron chi connectivity index (χ3n) is 5.12. The molecule has 0 fully saturated rings. The summed E-state index contributed by atoms with van der Waals surface area (Å²) in [7, 11) is 1.77. The van der Waals surface area contributed by atoms with Gasteiger partial charge in [-0.25, -0.2) is 0 Å². The quantitative estimate of drug-likeness (QED) is 0.422. The topological polar surface area (TPSA) is 64.7 Å². The molecule has 2 aromatic heterocycles. The van der Waals surface area contributed by atoms with Crippen molar-refractivity contribution >= 4 is 23.6 Å². The van der Waals surface area contributed by atoms with Crippen molar-refractivity contribution in [2.45, 2.75) is 20.0 Å². The van der Waals surface area contributed by atoms with Gasteiger partial charge in [-0.3, -0.25) is 14.2 Å². The molecule has 162 valence electrons. The van der Waals surface area contributed by atoms with Crippen molar-refractivity contribution < 1.29 is 4.79 Å². The normalized spacial score (nSPS) is 11.2. The van der Waals surface area contributed by atoms with E-state index in [0.29, 0.717) is 18.2 Å². The van der Waals surface area contributed by atoms with E-state index >= 15 is 0 Å². The molecule has 0 saturated carbocycles. The highest BCUT2D eigenvalue weighted by Crippen LogP contribution is 2.23. The molecule has 0 saturated heterocycles. The van der Waals surface area contributed by atoms with E-state index in [1.807, 2.05) is 66.3 Å². The summed E-state index contributed by atoms with van der Waals surface area (Å²) in [6.45, 7) is 2.88. The third-order valence-corrected chi connectivity index (χ3v) is 5.57. The molecule has 7 heteroatoms. The minimum absolute atomic E-state index is 0.209. The van der Waals surface area contributed by atoms with Crippen molar-refractivity contribution in [3.8, 4) is 11.3 Å². The van der Waals surface area contributed by atoms with Crippen molar-refractivity contribution in [3.63, 3.8) is 0 Å². The monoisotopic (exact) mass is 445 g/mol. The van der Waals surface area contributed by atoms with Crippen LogP contribution in [0.5, 0.6) is 0 Å². The fourth-order valence-electron chi connectivity index (χ4n) is 3.52. The molecule has 0 aliphatic rings. The summed E-state index contributed by atoms with van der Waals surface area (Å²) < 4.78 is 3.50. The van der Waals surface area contributed by atoms with Crippen LogP contribution in [0.4, 0.5) is 0 Å². The van der Waals surface area contributed by atoms with Gasteiger partial charge in [0, 0.05) is 42.6 Å². The second kappa shape index (κ2) is 9.66. The summed E-state index contributed by atoms with van der Waals surface area (Å²) in [5.41, 5.74) is 5.50. The van der Waals surface area contributed by atoms with Crippen LogP contribution in [-0.2, 0) is 24.9 Å². The van der Waals surface area contributed by atoms with Crippen molar-refractivity contribution in [1.82, 2.24) is 24.9 Å². The fourth-order valence-corrected chi connectivity index (χ4v) is 3.76. The van der Waals surface area contributed by atoms with Crippen molar-refractivity contribution in [1.29, 1.82) is 0 Å². The maximum atomic E-state index is 12.5. The zero-order valence-electron chi connectivity index (χ0n) is 18.0. The predicted molar refractivity (Wildman–Crippen MR) is 127 cm³/mol. The number of benzene rings is 2. The van der Waals surface area contributed by atoms with E-state index in [-0.39, 0.29) is 5.91 Å². The molecule has 0 spiro atoms. The number of aryl methyl sites for hydroxylation is 2. The first kappa shape index (κ1) is 21.6. The Labute approximate surface area is 192 Å². The summed E-state index contributed by atoms with van der Waals surface area (Å²) in [6, 6.07) is 20.2. The van der Waals surface area contributed by atoms with Gasteiger partial charge < -0.3 is 5.32 Å². The van der Waals surface area contributed by atoms with Crippen molar-refractivity contribution in [2.24, 2.45) is 7.05 Å². The standard InChI is InChI=1S/C25H24ClN5O/c1-18-22(25(26)30(2)28-18)13-14-23(32)27-15-21-17-31(16-19-9-5-3-6-10-19)29-24(21)20-11-7-4-8-12-20/h3-14,17H,15-16H2,1-2H3,(H,27,32)/b14-13+. The molecule has 6 nitrogen and oxygen atoms in total. The minimum Gasteiger partial charge on any atom is -0.348 e. The molecular formula is C25H24ClN5O. The van der Waals surface area contributed by atoms with Crippen LogP contribution < -0.4 is 5.32 Å². The van der Waals surface area contributed by atoms with Crippen LogP contribution in [0.2, 0.25) is 5.15 Å². The first-order valence-electron chi connectivity index (χ1n) is 10.3. The Bertz CT molecular complexity index is 1240. The number of amides is 1. The predicted octanol–water partition coefficient (Wildman–Crippen LogP) is 4.62. The second-order valence-corrected chi connectivity index (χ2v) is 7.87. The fraction of sp³-hybridized carbons (Fsp3) is 0.160. The van der Waals surface area contributed by atoms with Crippen LogP contribution in [0.3, 0.4) is 0 Å². The Hall–Kier alpha value is -3.64. The number of hydrogen-bond acceptors (Lipinski definition) is 3. The Kier molecular flexibility index (Phi) is 6.52. The number of halogens is 1. The molecule has 0 aliphatic heterocycles. The van der Waals surface area contributed by atoms with Crippen LogP contribution >= 0.6 is 11.6 Å². The van der Waals surface area contributed by atoms with Crippen molar-refractivity contribution in [2.75, 3.05) is 0 Å². The molecule has 0 unspecified atom stereocenters. The summed E-state index contributed by atoms with van der Waals surface area (Å²) >= 11 is 6.23. The zero-order valence-corrected chi connectivity index (χ0v) is 18.8. The summed E-state index contributed by atoms with van der Waals surface area (Å²) in [5.74, 6) is -0.209. The molecule has 0 bridgehead atoms. The average molecular weight is 446 g/mol. The van der Waals surface area contributed by atoms with Crippen LogP contribution in [-0.4, -0.2) is 25.5 Å². The van der Waals surface area contributed by atoms with Gasteiger partial charge in [0.25, 0.3) is 0 Å². The lowest BCUT2D eigenvalue weighted by Crippen LogP contribution is -2.20. The third kappa shape index (κ3) is 4.98. The number of rotatable bonds is 7. The average Bonchev–Trinajstić information content (AvgIpc) is 3.31. The Balaban J connectivity index is 1.51. The van der Waals surface area contributed by atoms with E-state index in [1.54, 1.807) is 17.8 Å². The van der Waals surface area contributed by atoms with Crippen LogP contribution in [0.25, 0.3) is 17.3 Å². The van der Waals surface area contributed by atoms with E-state index in [4.69, 9.17) is 16.7 Å². The SMILES string of the molecule is Cc1nn(C)c(Cl)c1/C=C/C(=O)NCc1cn(Cc2ccccc2)nc1-c1ccccc1. The Morgan fingerprint density at radius 2 is 1.75 bits per heavy atom. The lowest BCUT2D eigenvalue weighted by Gasteiger charge is -2.03. The van der Waals surface area contributed by atoms with Crippen LogP contribution in [0.1, 0.15) is 22.4 Å². The summed E-state index contributed by atoms with van der Waals surface area (Å²) in [6.07, 6.45) is 5.16. The number of hydrogen-bond donors (Lipinski definition) is 1. The van der Waals surface area contributed by atoms with Gasteiger partial charge in [-0.1, -0.05) is 72.3 Å². The first-order chi connectivity index (χ1) is 15.5. The van der Waals surface area contributed by atoms with Crippen LogP contribution in [0, 0.1) is 6.92 Å². The molecule has 1 N–H and O–H groups in total. The molecule has 2 heterocycles. The molecule has 0 atom stereocenters. The van der Waals surface area contributed by atoms with Gasteiger partial charge in [0.05, 0.1) is 17.9 Å². The molecule has 4 aromatic rings. The number of carbonyl (C=O) groups is 1. The smallest absolute Gasteiger partial charge is 0.244 e. The van der Waals surface area contributed by atoms with E-state index in [1.165, 1.54) is 6.08 Å². The molecule has 4 rings (SSSR count). The number of carbonyl (C=O) groups excluding carboxylic acids is 1. The van der Waals surface area contributed by atoms with Gasteiger partial charge in [0.15, 0.2) is 0 Å². The van der Waals surface area contributed by atoms with Crippen molar-refractivity contribution in [3.05, 3.63) is 100 Å². The van der Waals surface area contributed by atoms with Gasteiger partial charge >= 0.3 is 0 Å². The van der Waals surface area contributed by atoms with Crippen LogP contribution in [0.15, 0.2) is 72.9 Å². The first-order valence-corrected chi connectivity index (χ1v) is 10.7. The lowest BCUT2D eigenvalue weighted by atomic mass is 10.1. The molecule has 0 radical (unpaired) electrons. The number of nitrogens with zero attached hydrogens (tertiary/aromatic N) is 4. The minimum atomic E-state index is -0.209. The van der Waals surface area contributed by atoms with Gasteiger partial charge in [0.1, 0.15) is 5.15 Å². The molecule has 1 amide bonds.